The van der Waals surface area contributed by atoms with Crippen LogP contribution < -0.4 is 15.2 Å². The van der Waals surface area contributed by atoms with E-state index in [0.29, 0.717) is 24.9 Å². The van der Waals surface area contributed by atoms with Crippen molar-refractivity contribution in [1.29, 1.82) is 0 Å². The highest BCUT2D eigenvalue weighted by atomic mass is 16.7. The van der Waals surface area contributed by atoms with Gasteiger partial charge in [-0.1, -0.05) is 6.07 Å². The molecule has 5 nitrogen and oxygen atoms in total. The fourth-order valence-corrected chi connectivity index (χ4v) is 4.52. The van der Waals surface area contributed by atoms with E-state index in [9.17, 15) is 4.79 Å². The minimum Gasteiger partial charge on any atom is -0.454 e. The average molecular weight is 316 g/mol. The lowest BCUT2D eigenvalue weighted by molar-refractivity contribution is -0.138. The molecule has 4 unspecified atom stereocenters. The molecule has 1 amide bonds. The Labute approximate surface area is 136 Å². The summed E-state index contributed by atoms with van der Waals surface area (Å²) in [5.74, 6) is 2.83. The largest absolute Gasteiger partial charge is 0.454 e. The summed E-state index contributed by atoms with van der Waals surface area (Å²) in [5, 5.41) is 0. The van der Waals surface area contributed by atoms with E-state index in [1.807, 2.05) is 30.0 Å². The third-order valence-corrected chi connectivity index (χ3v) is 5.77. The Kier molecular flexibility index (Phi) is 3.68. The topological polar surface area (TPSA) is 64.8 Å². The lowest BCUT2D eigenvalue weighted by atomic mass is 9.84. The maximum Gasteiger partial charge on any atom is 0.231 e. The van der Waals surface area contributed by atoms with Crippen molar-refractivity contribution in [2.45, 2.75) is 38.8 Å². The molecule has 2 saturated carbocycles. The van der Waals surface area contributed by atoms with Crippen LogP contribution in [0.4, 0.5) is 0 Å². The van der Waals surface area contributed by atoms with E-state index in [1.54, 1.807) is 0 Å². The molecule has 1 aliphatic heterocycles. The van der Waals surface area contributed by atoms with Crippen molar-refractivity contribution in [2.75, 3.05) is 13.3 Å². The molecule has 1 aromatic rings. The summed E-state index contributed by atoms with van der Waals surface area (Å²) >= 11 is 0. The van der Waals surface area contributed by atoms with Crippen LogP contribution in [0.1, 0.15) is 31.7 Å². The summed E-state index contributed by atoms with van der Waals surface area (Å²) in [6.45, 7) is 3.61. The Morgan fingerprint density at radius 1 is 1.26 bits per heavy atom. The molecular weight excluding hydrogens is 292 g/mol. The predicted molar refractivity (Wildman–Crippen MR) is 86.0 cm³/mol. The van der Waals surface area contributed by atoms with Gasteiger partial charge in [-0.15, -0.1) is 0 Å². The summed E-state index contributed by atoms with van der Waals surface area (Å²) in [7, 11) is 0. The van der Waals surface area contributed by atoms with E-state index in [-0.39, 0.29) is 24.7 Å². The summed E-state index contributed by atoms with van der Waals surface area (Å²) in [6, 6.07) is 5.94. The Morgan fingerprint density at radius 3 is 2.78 bits per heavy atom. The van der Waals surface area contributed by atoms with Gasteiger partial charge in [0, 0.05) is 19.1 Å². The number of benzene rings is 1. The Morgan fingerprint density at radius 2 is 2.04 bits per heavy atom. The normalized spacial score (nSPS) is 30.7. The molecule has 1 aromatic carbocycles. The Bertz CT molecular complexity index is 616. The van der Waals surface area contributed by atoms with E-state index in [0.717, 1.165) is 29.9 Å². The van der Waals surface area contributed by atoms with E-state index >= 15 is 0 Å². The average Bonchev–Trinajstić information content (AvgIpc) is 3.26. The van der Waals surface area contributed by atoms with Crippen LogP contribution in [0.5, 0.6) is 11.5 Å². The molecule has 0 saturated heterocycles. The van der Waals surface area contributed by atoms with E-state index in [4.69, 9.17) is 15.2 Å². The van der Waals surface area contributed by atoms with E-state index in [2.05, 4.69) is 0 Å². The summed E-state index contributed by atoms with van der Waals surface area (Å²) in [6.07, 6.45) is 3.50. The van der Waals surface area contributed by atoms with Gasteiger partial charge in [0.2, 0.25) is 12.7 Å². The zero-order valence-corrected chi connectivity index (χ0v) is 13.5. The van der Waals surface area contributed by atoms with E-state index < -0.39 is 0 Å². The first-order valence-electron chi connectivity index (χ1n) is 8.60. The predicted octanol–water partition coefficient (Wildman–Crippen LogP) is 2.14. The van der Waals surface area contributed by atoms with Crippen LogP contribution in [0.25, 0.3) is 0 Å². The number of nitrogens with zero attached hydrogens (tertiary/aromatic N) is 1. The van der Waals surface area contributed by atoms with Crippen LogP contribution in [0.2, 0.25) is 0 Å². The molecule has 0 spiro atoms. The van der Waals surface area contributed by atoms with Crippen LogP contribution >= 0.6 is 0 Å². The molecule has 1 heterocycles. The number of rotatable bonds is 4. The van der Waals surface area contributed by atoms with Gasteiger partial charge in [-0.25, -0.2) is 0 Å². The van der Waals surface area contributed by atoms with Crippen molar-refractivity contribution in [3.8, 4) is 11.5 Å². The van der Waals surface area contributed by atoms with Gasteiger partial charge in [0.25, 0.3) is 0 Å². The Balaban J connectivity index is 1.49. The summed E-state index contributed by atoms with van der Waals surface area (Å²) in [4.78, 5) is 14.9. The molecule has 124 valence electrons. The summed E-state index contributed by atoms with van der Waals surface area (Å²) in [5.41, 5.74) is 7.41. The standard InChI is InChI=1S/C18H24N2O3/c1-2-20(9-11-3-6-14-15(7-11)23-10-22-14)18(21)16-12-4-5-13(8-12)17(16)19/h3,6-7,12-13,16-17H,2,4-5,8-10,19H2,1H3. The lowest BCUT2D eigenvalue weighted by Crippen LogP contribution is -2.46. The van der Waals surface area contributed by atoms with Crippen LogP contribution in [0.15, 0.2) is 18.2 Å². The number of amides is 1. The number of hydrogen-bond donors (Lipinski definition) is 1. The van der Waals surface area contributed by atoms with Crippen molar-refractivity contribution in [1.82, 2.24) is 4.90 Å². The molecule has 4 atom stereocenters. The summed E-state index contributed by atoms with van der Waals surface area (Å²) < 4.78 is 10.8. The highest BCUT2D eigenvalue weighted by Gasteiger charge is 2.49. The first-order chi connectivity index (χ1) is 11.2. The van der Waals surface area contributed by atoms with Crippen LogP contribution in [-0.2, 0) is 11.3 Å². The quantitative estimate of drug-likeness (QED) is 0.924. The molecule has 2 N–H and O–H groups in total. The monoisotopic (exact) mass is 316 g/mol. The molecule has 4 rings (SSSR count). The first kappa shape index (κ1) is 14.8. The van der Waals surface area contributed by atoms with Crippen LogP contribution in [0, 0.1) is 17.8 Å². The van der Waals surface area contributed by atoms with Gasteiger partial charge in [-0.2, -0.15) is 0 Å². The van der Waals surface area contributed by atoms with Crippen molar-refractivity contribution < 1.29 is 14.3 Å². The number of ether oxygens (including phenoxy) is 2. The maximum absolute atomic E-state index is 13.0. The van der Waals surface area contributed by atoms with Crippen molar-refractivity contribution in [3.63, 3.8) is 0 Å². The van der Waals surface area contributed by atoms with Crippen LogP contribution in [0.3, 0.4) is 0 Å². The SMILES string of the molecule is CCN(Cc1ccc2c(c1)OCO2)C(=O)C1C2CCC(C2)C1N. The highest BCUT2D eigenvalue weighted by molar-refractivity contribution is 5.80. The van der Waals surface area contributed by atoms with Crippen molar-refractivity contribution in [2.24, 2.45) is 23.5 Å². The maximum atomic E-state index is 13.0. The molecule has 2 fully saturated rings. The number of fused-ring (bicyclic) bond motifs is 3. The molecule has 0 aromatic heterocycles. The highest BCUT2D eigenvalue weighted by Crippen LogP contribution is 2.48. The first-order valence-corrected chi connectivity index (χ1v) is 8.60. The van der Waals surface area contributed by atoms with Crippen LogP contribution in [-0.4, -0.2) is 30.2 Å². The van der Waals surface area contributed by atoms with Gasteiger partial charge in [0.05, 0.1) is 5.92 Å². The zero-order chi connectivity index (χ0) is 16.0. The molecular formula is C18H24N2O3. The zero-order valence-electron chi connectivity index (χ0n) is 13.5. The van der Waals surface area contributed by atoms with Gasteiger partial charge >= 0.3 is 0 Å². The number of nitrogens with two attached hydrogens (primary N) is 1. The number of hydrogen-bond acceptors (Lipinski definition) is 4. The third-order valence-electron chi connectivity index (χ3n) is 5.77. The second kappa shape index (κ2) is 5.71. The Hall–Kier alpha value is -1.75. The second-order valence-corrected chi connectivity index (χ2v) is 6.98. The lowest BCUT2D eigenvalue weighted by Gasteiger charge is -2.32. The van der Waals surface area contributed by atoms with Gasteiger partial charge in [0.15, 0.2) is 11.5 Å². The fourth-order valence-electron chi connectivity index (χ4n) is 4.52. The molecule has 2 aliphatic carbocycles. The van der Waals surface area contributed by atoms with Crippen molar-refractivity contribution in [3.05, 3.63) is 23.8 Å². The number of carbonyl (C=O) groups excluding carboxylic acids is 1. The van der Waals surface area contributed by atoms with Gasteiger partial charge in [0.1, 0.15) is 0 Å². The molecule has 2 bridgehead atoms. The molecule has 23 heavy (non-hydrogen) atoms. The van der Waals surface area contributed by atoms with Crippen molar-refractivity contribution >= 4 is 5.91 Å². The van der Waals surface area contributed by atoms with Gasteiger partial charge in [-0.3, -0.25) is 4.79 Å². The number of carbonyl (C=O) groups is 1. The minimum atomic E-state index is 0.0164. The molecule has 0 radical (unpaired) electrons. The fraction of sp³-hybridized carbons (Fsp3) is 0.611. The van der Waals surface area contributed by atoms with E-state index in [1.165, 1.54) is 6.42 Å². The van der Waals surface area contributed by atoms with Gasteiger partial charge in [-0.05, 0) is 55.7 Å². The van der Waals surface area contributed by atoms with Gasteiger partial charge < -0.3 is 20.1 Å². The minimum absolute atomic E-state index is 0.0164. The smallest absolute Gasteiger partial charge is 0.231 e. The second-order valence-electron chi connectivity index (χ2n) is 6.98. The molecule has 5 heteroatoms. The molecule has 3 aliphatic rings. The third kappa shape index (κ3) is 2.47.